The molecule has 0 radical (unpaired) electrons. The molecule has 0 atom stereocenters. The predicted octanol–water partition coefficient (Wildman–Crippen LogP) is 1.32. The average Bonchev–Trinajstić information content (AvgIpc) is 2.07. The molecule has 1 rings (SSSR count). The van der Waals surface area contributed by atoms with Crippen molar-refractivity contribution in [2.45, 2.75) is 13.8 Å². The standard InChI is InChI=1S/C10H14N2O3S/c1-7-4-5-9(11-8(2)13)6-10(7)12-16(3,14)15/h4-6,12H,1-3H3,(H,11,13). The summed E-state index contributed by atoms with van der Waals surface area (Å²) in [6, 6.07) is 5.03. The van der Waals surface area contributed by atoms with Crippen molar-refractivity contribution >= 4 is 27.3 Å². The Balaban J connectivity index is 3.04. The molecule has 2 N–H and O–H groups in total. The molecule has 0 aromatic heterocycles. The second-order valence-corrected chi connectivity index (χ2v) is 5.33. The van der Waals surface area contributed by atoms with Gasteiger partial charge in [-0.1, -0.05) is 6.07 Å². The molecule has 1 aromatic carbocycles. The summed E-state index contributed by atoms with van der Waals surface area (Å²) >= 11 is 0. The fourth-order valence-electron chi connectivity index (χ4n) is 1.21. The lowest BCUT2D eigenvalue weighted by atomic mass is 10.2. The van der Waals surface area contributed by atoms with Gasteiger partial charge in [-0.25, -0.2) is 8.42 Å². The number of anilines is 2. The Morgan fingerprint density at radius 1 is 1.31 bits per heavy atom. The summed E-state index contributed by atoms with van der Waals surface area (Å²) in [6.45, 7) is 3.18. The van der Waals surface area contributed by atoms with Gasteiger partial charge in [0, 0.05) is 12.6 Å². The third kappa shape index (κ3) is 3.90. The Morgan fingerprint density at radius 3 is 2.44 bits per heavy atom. The first-order valence-corrected chi connectivity index (χ1v) is 6.53. The molecule has 0 aliphatic carbocycles. The molecule has 0 aliphatic rings. The molecule has 0 spiro atoms. The summed E-state index contributed by atoms with van der Waals surface area (Å²) < 4.78 is 24.6. The molecule has 1 aromatic rings. The fourth-order valence-corrected chi connectivity index (χ4v) is 1.83. The van der Waals surface area contributed by atoms with Crippen LogP contribution in [0.1, 0.15) is 12.5 Å². The Bertz CT molecular complexity index is 509. The molecule has 0 bridgehead atoms. The van der Waals surface area contributed by atoms with Gasteiger partial charge < -0.3 is 5.32 Å². The molecule has 6 heteroatoms. The number of carbonyl (C=O) groups excluding carboxylic acids is 1. The van der Waals surface area contributed by atoms with E-state index < -0.39 is 10.0 Å². The van der Waals surface area contributed by atoms with E-state index in [1.165, 1.54) is 6.92 Å². The van der Waals surface area contributed by atoms with Gasteiger partial charge in [-0.05, 0) is 24.6 Å². The molecule has 0 saturated heterocycles. The Labute approximate surface area is 94.9 Å². The number of benzene rings is 1. The zero-order chi connectivity index (χ0) is 12.3. The van der Waals surface area contributed by atoms with Crippen LogP contribution in [0.4, 0.5) is 11.4 Å². The van der Waals surface area contributed by atoms with E-state index in [4.69, 9.17) is 0 Å². The predicted molar refractivity (Wildman–Crippen MR) is 63.9 cm³/mol. The lowest BCUT2D eigenvalue weighted by Gasteiger charge is -2.10. The topological polar surface area (TPSA) is 75.3 Å². The van der Waals surface area contributed by atoms with Crippen LogP contribution in [0.2, 0.25) is 0 Å². The number of hydrogen-bond acceptors (Lipinski definition) is 3. The van der Waals surface area contributed by atoms with Crippen molar-refractivity contribution in [3.8, 4) is 0 Å². The summed E-state index contributed by atoms with van der Waals surface area (Å²) in [4.78, 5) is 10.8. The van der Waals surface area contributed by atoms with Gasteiger partial charge in [0.05, 0.1) is 11.9 Å². The highest BCUT2D eigenvalue weighted by Crippen LogP contribution is 2.20. The molecule has 0 unspecified atom stereocenters. The lowest BCUT2D eigenvalue weighted by molar-refractivity contribution is -0.114. The minimum atomic E-state index is -3.31. The van der Waals surface area contributed by atoms with E-state index in [2.05, 4.69) is 10.0 Å². The Hall–Kier alpha value is -1.56. The van der Waals surface area contributed by atoms with Crippen LogP contribution in [0.5, 0.6) is 0 Å². The smallest absolute Gasteiger partial charge is 0.229 e. The van der Waals surface area contributed by atoms with Crippen LogP contribution in [-0.4, -0.2) is 20.6 Å². The second kappa shape index (κ2) is 4.52. The van der Waals surface area contributed by atoms with Crippen molar-refractivity contribution in [2.24, 2.45) is 0 Å². The van der Waals surface area contributed by atoms with Crippen molar-refractivity contribution in [1.29, 1.82) is 0 Å². The highest BCUT2D eigenvalue weighted by atomic mass is 32.2. The van der Waals surface area contributed by atoms with Crippen molar-refractivity contribution in [3.05, 3.63) is 23.8 Å². The number of nitrogens with one attached hydrogen (secondary N) is 2. The number of hydrogen-bond donors (Lipinski definition) is 2. The molecule has 0 saturated carbocycles. The summed E-state index contributed by atoms with van der Waals surface area (Å²) in [5.41, 5.74) is 1.82. The van der Waals surface area contributed by atoms with Crippen LogP contribution in [0.15, 0.2) is 18.2 Å². The molecule has 0 fully saturated rings. The minimum absolute atomic E-state index is 0.200. The summed E-state index contributed by atoms with van der Waals surface area (Å²) in [6.07, 6.45) is 1.08. The van der Waals surface area contributed by atoms with Crippen LogP contribution in [0.3, 0.4) is 0 Å². The third-order valence-electron chi connectivity index (χ3n) is 1.85. The van der Waals surface area contributed by atoms with Gasteiger partial charge in [-0.3, -0.25) is 9.52 Å². The largest absolute Gasteiger partial charge is 0.326 e. The maximum Gasteiger partial charge on any atom is 0.229 e. The van der Waals surface area contributed by atoms with Crippen molar-refractivity contribution in [2.75, 3.05) is 16.3 Å². The quantitative estimate of drug-likeness (QED) is 0.839. The maximum absolute atomic E-state index is 11.1. The molecule has 0 aliphatic heterocycles. The van der Waals surface area contributed by atoms with Crippen LogP contribution in [0.25, 0.3) is 0 Å². The number of rotatable bonds is 3. The molecule has 0 heterocycles. The zero-order valence-electron chi connectivity index (χ0n) is 9.37. The SMILES string of the molecule is CC(=O)Nc1ccc(C)c(NS(C)(=O)=O)c1. The van der Waals surface area contributed by atoms with E-state index in [-0.39, 0.29) is 5.91 Å². The molecule has 88 valence electrons. The second-order valence-electron chi connectivity index (χ2n) is 3.59. The van der Waals surface area contributed by atoms with Crippen LogP contribution in [-0.2, 0) is 14.8 Å². The maximum atomic E-state index is 11.1. The first-order valence-electron chi connectivity index (χ1n) is 4.64. The monoisotopic (exact) mass is 242 g/mol. The lowest BCUT2D eigenvalue weighted by Crippen LogP contribution is -2.11. The Kier molecular flexibility index (Phi) is 3.54. The van der Waals surface area contributed by atoms with Gasteiger partial charge in [0.2, 0.25) is 15.9 Å². The number of amides is 1. The zero-order valence-corrected chi connectivity index (χ0v) is 10.2. The fraction of sp³-hybridized carbons (Fsp3) is 0.300. The third-order valence-corrected chi connectivity index (χ3v) is 2.44. The van der Waals surface area contributed by atoms with Gasteiger partial charge in [-0.2, -0.15) is 0 Å². The van der Waals surface area contributed by atoms with E-state index in [0.29, 0.717) is 11.4 Å². The molecular formula is C10H14N2O3S. The van der Waals surface area contributed by atoms with Crippen LogP contribution < -0.4 is 10.0 Å². The summed E-state index contributed by atoms with van der Waals surface area (Å²) in [5.74, 6) is -0.200. The number of carbonyl (C=O) groups is 1. The first kappa shape index (κ1) is 12.5. The van der Waals surface area contributed by atoms with Crippen LogP contribution >= 0.6 is 0 Å². The van der Waals surface area contributed by atoms with E-state index in [1.54, 1.807) is 25.1 Å². The highest BCUT2D eigenvalue weighted by molar-refractivity contribution is 7.92. The molecule has 5 nitrogen and oxygen atoms in total. The van der Waals surface area contributed by atoms with Gasteiger partial charge in [0.25, 0.3) is 0 Å². The molecular weight excluding hydrogens is 228 g/mol. The van der Waals surface area contributed by atoms with Crippen molar-refractivity contribution in [1.82, 2.24) is 0 Å². The highest BCUT2D eigenvalue weighted by Gasteiger charge is 2.06. The number of sulfonamides is 1. The van der Waals surface area contributed by atoms with Crippen LogP contribution in [0, 0.1) is 6.92 Å². The van der Waals surface area contributed by atoms with Gasteiger partial charge >= 0.3 is 0 Å². The first-order chi connectivity index (χ1) is 7.28. The van der Waals surface area contributed by atoms with E-state index in [1.807, 2.05) is 0 Å². The van der Waals surface area contributed by atoms with Gasteiger partial charge in [-0.15, -0.1) is 0 Å². The Morgan fingerprint density at radius 2 is 1.94 bits per heavy atom. The van der Waals surface area contributed by atoms with E-state index >= 15 is 0 Å². The summed E-state index contributed by atoms with van der Waals surface area (Å²) in [5, 5.41) is 2.58. The van der Waals surface area contributed by atoms with Crippen molar-refractivity contribution in [3.63, 3.8) is 0 Å². The normalized spacial score (nSPS) is 10.9. The minimum Gasteiger partial charge on any atom is -0.326 e. The van der Waals surface area contributed by atoms with Gasteiger partial charge in [0.1, 0.15) is 0 Å². The van der Waals surface area contributed by atoms with Crippen molar-refractivity contribution < 1.29 is 13.2 Å². The van der Waals surface area contributed by atoms with E-state index in [9.17, 15) is 13.2 Å². The number of aryl methyl sites for hydroxylation is 1. The average molecular weight is 242 g/mol. The molecule has 16 heavy (non-hydrogen) atoms. The molecule has 1 amide bonds. The van der Waals surface area contributed by atoms with E-state index in [0.717, 1.165) is 11.8 Å². The summed E-state index contributed by atoms with van der Waals surface area (Å²) in [7, 11) is -3.31. The van der Waals surface area contributed by atoms with Gasteiger partial charge in [0.15, 0.2) is 0 Å².